The number of nitrogens with zero attached hydrogens (tertiary/aromatic N) is 1. The number of fused-ring (bicyclic) bond motifs is 11. The Morgan fingerprint density at radius 3 is 1.75 bits per heavy atom. The fraction of sp³-hybridized carbons (Fsp3) is 0.0204. The van der Waals surface area contributed by atoms with Gasteiger partial charge < -0.3 is 4.57 Å². The molecule has 52 heavy (non-hydrogen) atoms. The van der Waals surface area contributed by atoms with Gasteiger partial charge in [0.15, 0.2) is 0 Å². The lowest BCUT2D eigenvalue weighted by Gasteiger charge is -2.45. The summed E-state index contributed by atoms with van der Waals surface area (Å²) in [6.07, 6.45) is 0. The number of rotatable bonds is 3. The molecule has 1 spiro atoms. The molecule has 244 valence electrons. The molecule has 1 atom stereocenters. The molecule has 1 unspecified atom stereocenters. The molecule has 9 aromatic rings. The summed E-state index contributed by atoms with van der Waals surface area (Å²) in [5, 5.41) is 2.54. The maximum atomic E-state index is 2.47. The highest BCUT2D eigenvalue weighted by Crippen LogP contribution is 2.62. The number of para-hydroxylation sites is 3. The second-order valence-corrected chi connectivity index (χ2v) is 15.8. The van der Waals surface area contributed by atoms with E-state index in [9.17, 15) is 0 Å². The molecule has 2 aliphatic rings. The Bertz CT molecular complexity index is 2840. The Hall–Kier alpha value is -5.74. The zero-order valence-corrected chi connectivity index (χ0v) is 29.8. The quantitative estimate of drug-likeness (QED) is 0.181. The summed E-state index contributed by atoms with van der Waals surface area (Å²) in [5.74, 6) is 0. The van der Waals surface area contributed by atoms with Crippen molar-refractivity contribution in [1.82, 2.24) is 4.57 Å². The van der Waals surface area contributed by atoms with E-state index in [4.69, 9.17) is 0 Å². The zero-order chi connectivity index (χ0) is 34.2. The molecular formula is C49H31NS2. The van der Waals surface area contributed by atoms with E-state index in [1.165, 1.54) is 91.6 Å². The SMILES string of the molecule is c1ccc(-c2ccc3c(c2)C2(c4ccccc4Sc4cc(-c5cccc6c7ccccc7n(-c7ccccc7)c56)ccc42)c2ccccc2S3)cc1. The number of benzene rings is 8. The molecule has 2 aliphatic heterocycles. The average Bonchev–Trinajstić information content (AvgIpc) is 3.56. The Morgan fingerprint density at radius 1 is 0.365 bits per heavy atom. The van der Waals surface area contributed by atoms with Crippen molar-refractivity contribution in [2.24, 2.45) is 0 Å². The van der Waals surface area contributed by atoms with Crippen LogP contribution in [0.1, 0.15) is 22.3 Å². The van der Waals surface area contributed by atoms with Gasteiger partial charge in [-0.3, -0.25) is 0 Å². The summed E-state index contributed by atoms with van der Waals surface area (Å²) >= 11 is 3.80. The first kappa shape index (κ1) is 29.9. The summed E-state index contributed by atoms with van der Waals surface area (Å²) in [4.78, 5) is 5.23. The molecule has 11 rings (SSSR count). The van der Waals surface area contributed by atoms with Crippen LogP contribution in [0.15, 0.2) is 208 Å². The van der Waals surface area contributed by atoms with Crippen LogP contribution in [0.4, 0.5) is 0 Å². The van der Waals surface area contributed by atoms with Crippen molar-refractivity contribution < 1.29 is 0 Å². The first-order chi connectivity index (χ1) is 25.8. The molecule has 3 heteroatoms. The molecule has 0 saturated carbocycles. The molecule has 0 radical (unpaired) electrons. The van der Waals surface area contributed by atoms with Gasteiger partial charge in [-0.05, 0) is 87.5 Å². The molecule has 0 amide bonds. The van der Waals surface area contributed by atoms with Crippen LogP contribution in [0.5, 0.6) is 0 Å². The van der Waals surface area contributed by atoms with Crippen molar-refractivity contribution >= 4 is 45.3 Å². The predicted molar refractivity (Wildman–Crippen MR) is 218 cm³/mol. The molecule has 0 aliphatic carbocycles. The Morgan fingerprint density at radius 2 is 0.962 bits per heavy atom. The minimum Gasteiger partial charge on any atom is -0.309 e. The molecular weight excluding hydrogens is 667 g/mol. The summed E-state index contributed by atoms with van der Waals surface area (Å²) in [6, 6.07) is 69.7. The van der Waals surface area contributed by atoms with Crippen LogP contribution in [0.25, 0.3) is 49.7 Å². The minimum absolute atomic E-state index is 0.470. The summed E-state index contributed by atoms with van der Waals surface area (Å²) in [6.45, 7) is 0. The van der Waals surface area contributed by atoms with Crippen LogP contribution in [0.2, 0.25) is 0 Å². The molecule has 0 fully saturated rings. The summed E-state index contributed by atoms with van der Waals surface area (Å²) in [7, 11) is 0. The third-order valence-electron chi connectivity index (χ3n) is 10.9. The number of aromatic nitrogens is 1. The van der Waals surface area contributed by atoms with Gasteiger partial charge in [-0.1, -0.05) is 163 Å². The Labute approximate surface area is 311 Å². The highest BCUT2D eigenvalue weighted by molar-refractivity contribution is 8.00. The van der Waals surface area contributed by atoms with Gasteiger partial charge in [0.2, 0.25) is 0 Å². The van der Waals surface area contributed by atoms with Gasteiger partial charge in [0.1, 0.15) is 0 Å². The molecule has 8 aromatic carbocycles. The van der Waals surface area contributed by atoms with E-state index in [1.807, 2.05) is 23.5 Å². The predicted octanol–water partition coefficient (Wildman–Crippen LogP) is 13.4. The third-order valence-corrected chi connectivity index (χ3v) is 13.2. The smallest absolute Gasteiger partial charge is 0.0745 e. The Balaban J connectivity index is 1.20. The topological polar surface area (TPSA) is 4.93 Å². The maximum absolute atomic E-state index is 2.47. The minimum atomic E-state index is -0.470. The molecule has 1 aromatic heterocycles. The summed E-state index contributed by atoms with van der Waals surface area (Å²) < 4.78 is 2.44. The second-order valence-electron chi connectivity index (χ2n) is 13.6. The van der Waals surface area contributed by atoms with E-state index in [1.54, 1.807) is 0 Å². The van der Waals surface area contributed by atoms with E-state index < -0.39 is 5.41 Å². The van der Waals surface area contributed by atoms with Crippen LogP contribution in [0.3, 0.4) is 0 Å². The zero-order valence-electron chi connectivity index (χ0n) is 28.2. The van der Waals surface area contributed by atoms with Crippen molar-refractivity contribution in [1.29, 1.82) is 0 Å². The van der Waals surface area contributed by atoms with Gasteiger partial charge in [-0.2, -0.15) is 0 Å². The van der Waals surface area contributed by atoms with Gasteiger partial charge >= 0.3 is 0 Å². The number of hydrogen-bond donors (Lipinski definition) is 0. The van der Waals surface area contributed by atoms with Crippen LogP contribution >= 0.6 is 23.5 Å². The molecule has 0 saturated heterocycles. The lowest BCUT2D eigenvalue weighted by molar-refractivity contribution is 0.667. The second kappa shape index (κ2) is 11.6. The molecule has 1 nitrogen and oxygen atoms in total. The normalized spacial score (nSPS) is 15.6. The van der Waals surface area contributed by atoms with Crippen molar-refractivity contribution in [3.63, 3.8) is 0 Å². The summed E-state index contributed by atoms with van der Waals surface area (Å²) in [5.41, 5.74) is 13.5. The van der Waals surface area contributed by atoms with Gasteiger partial charge in [-0.25, -0.2) is 0 Å². The highest BCUT2D eigenvalue weighted by atomic mass is 32.2. The fourth-order valence-corrected chi connectivity index (χ4v) is 11.1. The van der Waals surface area contributed by atoms with E-state index in [-0.39, 0.29) is 0 Å². The van der Waals surface area contributed by atoms with Crippen molar-refractivity contribution in [2.75, 3.05) is 0 Å². The van der Waals surface area contributed by atoms with Crippen LogP contribution < -0.4 is 0 Å². The van der Waals surface area contributed by atoms with Crippen molar-refractivity contribution in [3.05, 3.63) is 210 Å². The van der Waals surface area contributed by atoms with Crippen molar-refractivity contribution in [3.8, 4) is 27.9 Å². The average molecular weight is 698 g/mol. The lowest BCUT2D eigenvalue weighted by Crippen LogP contribution is -2.36. The standard InChI is InChI=1S/C49H31NS2/c1-3-14-32(15-4-1)33-27-29-46-42(30-33)49(39-21-8-11-24-44(39)51-46)40-22-9-12-25-45(40)52-47-31-34(26-28-41(47)49)36-19-13-20-38-37-18-7-10-23-43(37)50(48(36)38)35-16-5-2-6-17-35/h1-31H. The van der Waals surface area contributed by atoms with Gasteiger partial charge in [0, 0.05) is 41.6 Å². The molecule has 0 N–H and O–H groups in total. The van der Waals surface area contributed by atoms with E-state index in [2.05, 4.69) is 193 Å². The third kappa shape index (κ3) is 4.27. The van der Waals surface area contributed by atoms with E-state index >= 15 is 0 Å². The molecule has 3 heterocycles. The van der Waals surface area contributed by atoms with Crippen LogP contribution in [-0.4, -0.2) is 4.57 Å². The van der Waals surface area contributed by atoms with Crippen LogP contribution in [-0.2, 0) is 5.41 Å². The maximum Gasteiger partial charge on any atom is 0.0745 e. The van der Waals surface area contributed by atoms with E-state index in [0.29, 0.717) is 0 Å². The Kier molecular flexibility index (Phi) is 6.70. The largest absolute Gasteiger partial charge is 0.309 e. The molecule has 0 bridgehead atoms. The van der Waals surface area contributed by atoms with Gasteiger partial charge in [-0.15, -0.1) is 0 Å². The van der Waals surface area contributed by atoms with Gasteiger partial charge in [0.05, 0.1) is 16.4 Å². The van der Waals surface area contributed by atoms with Crippen molar-refractivity contribution in [2.45, 2.75) is 25.0 Å². The first-order valence-electron chi connectivity index (χ1n) is 17.8. The fourth-order valence-electron chi connectivity index (χ4n) is 8.74. The van der Waals surface area contributed by atoms with Crippen LogP contribution in [0, 0.1) is 0 Å². The number of hydrogen-bond acceptors (Lipinski definition) is 2. The van der Waals surface area contributed by atoms with E-state index in [0.717, 1.165) is 0 Å². The monoisotopic (exact) mass is 697 g/mol. The van der Waals surface area contributed by atoms with Gasteiger partial charge in [0.25, 0.3) is 0 Å². The lowest BCUT2D eigenvalue weighted by atomic mass is 9.64. The first-order valence-corrected chi connectivity index (χ1v) is 19.4. The highest BCUT2D eigenvalue weighted by Gasteiger charge is 2.48.